The van der Waals surface area contributed by atoms with E-state index in [4.69, 9.17) is 14.2 Å². The molecule has 0 radical (unpaired) electrons. The zero-order valence-electron chi connectivity index (χ0n) is 17.1. The molecule has 7 heteroatoms. The van der Waals surface area contributed by atoms with E-state index >= 15 is 0 Å². The lowest BCUT2D eigenvalue weighted by molar-refractivity contribution is -0.0812. The van der Waals surface area contributed by atoms with Crippen molar-refractivity contribution in [2.75, 3.05) is 34.0 Å². The van der Waals surface area contributed by atoms with Gasteiger partial charge in [0.2, 0.25) is 0 Å². The number of fused-ring (bicyclic) bond motifs is 1. The fourth-order valence-electron chi connectivity index (χ4n) is 4.39. The Balaban J connectivity index is 1.75. The van der Waals surface area contributed by atoms with Gasteiger partial charge in [-0.1, -0.05) is 18.2 Å². The molecule has 1 N–H and O–H groups in total. The van der Waals surface area contributed by atoms with E-state index in [0.29, 0.717) is 48.6 Å². The third-order valence-electron chi connectivity index (χ3n) is 5.85. The minimum atomic E-state index is -0.570. The highest BCUT2D eigenvalue weighted by atomic mass is 16.5. The lowest BCUT2D eigenvalue weighted by Gasteiger charge is -2.41. The van der Waals surface area contributed by atoms with Crippen molar-refractivity contribution in [1.82, 2.24) is 4.90 Å². The molecule has 0 spiro atoms. The summed E-state index contributed by atoms with van der Waals surface area (Å²) in [5, 5.41) is 9.95. The second-order valence-corrected chi connectivity index (χ2v) is 7.40. The number of benzene rings is 2. The molecule has 7 nitrogen and oxygen atoms in total. The molecule has 1 aliphatic carbocycles. The number of morpholine rings is 1. The van der Waals surface area contributed by atoms with E-state index in [1.807, 2.05) is 6.07 Å². The van der Waals surface area contributed by atoms with Crippen LogP contribution in [0.15, 0.2) is 36.4 Å². The molecule has 1 heterocycles. The van der Waals surface area contributed by atoms with Gasteiger partial charge in [0.1, 0.15) is 6.10 Å². The molecule has 0 bridgehead atoms. The first-order valence-corrected chi connectivity index (χ1v) is 9.99. The highest BCUT2D eigenvalue weighted by Crippen LogP contribution is 2.37. The third-order valence-corrected chi connectivity index (χ3v) is 5.85. The number of carbonyl (C=O) groups is 2. The number of hydrogen-bond acceptors (Lipinski definition) is 6. The maximum atomic E-state index is 13.6. The van der Waals surface area contributed by atoms with Crippen LogP contribution in [0.2, 0.25) is 0 Å². The fourth-order valence-corrected chi connectivity index (χ4v) is 4.39. The summed E-state index contributed by atoms with van der Waals surface area (Å²) in [5.74, 6) is 1.03. The lowest BCUT2D eigenvalue weighted by atomic mass is 9.95. The first kappa shape index (κ1) is 20.4. The SMILES string of the molecule is COc1ccc([C@@H]2[C@@H](CO)OCCN2C(=O)c2cccc3c2CCC3=O)cc1OC. The van der Waals surface area contributed by atoms with Crippen LogP contribution in [0, 0.1) is 0 Å². The maximum absolute atomic E-state index is 13.6. The summed E-state index contributed by atoms with van der Waals surface area (Å²) in [7, 11) is 3.11. The fraction of sp³-hybridized carbons (Fsp3) is 0.391. The van der Waals surface area contributed by atoms with Crippen LogP contribution < -0.4 is 9.47 Å². The molecule has 2 atom stereocenters. The number of ether oxygens (including phenoxy) is 3. The number of rotatable bonds is 5. The van der Waals surface area contributed by atoms with Gasteiger partial charge in [0.25, 0.3) is 5.91 Å². The van der Waals surface area contributed by atoms with E-state index in [9.17, 15) is 14.7 Å². The molecule has 0 aromatic heterocycles. The minimum Gasteiger partial charge on any atom is -0.493 e. The average molecular weight is 411 g/mol. The molecule has 2 aliphatic rings. The molecule has 1 fully saturated rings. The Morgan fingerprint density at radius 1 is 1.17 bits per heavy atom. The minimum absolute atomic E-state index is 0.0753. The zero-order chi connectivity index (χ0) is 21.3. The van der Waals surface area contributed by atoms with E-state index in [0.717, 1.165) is 11.1 Å². The summed E-state index contributed by atoms with van der Waals surface area (Å²) in [6.45, 7) is 0.481. The van der Waals surface area contributed by atoms with Crippen LogP contribution >= 0.6 is 0 Å². The van der Waals surface area contributed by atoms with Gasteiger partial charge in [-0.25, -0.2) is 0 Å². The number of aliphatic hydroxyl groups excluding tert-OH is 1. The Hall–Kier alpha value is -2.90. The van der Waals surface area contributed by atoms with Crippen LogP contribution in [0.4, 0.5) is 0 Å². The second-order valence-electron chi connectivity index (χ2n) is 7.40. The van der Waals surface area contributed by atoms with E-state index in [1.54, 1.807) is 49.5 Å². The molecular formula is C23H25NO6. The van der Waals surface area contributed by atoms with Crippen molar-refractivity contribution in [3.63, 3.8) is 0 Å². The summed E-state index contributed by atoms with van der Waals surface area (Å²) in [6, 6.07) is 10.2. The molecular weight excluding hydrogens is 386 g/mol. The zero-order valence-corrected chi connectivity index (χ0v) is 17.1. The Labute approximate surface area is 175 Å². The van der Waals surface area contributed by atoms with Crippen molar-refractivity contribution in [3.05, 3.63) is 58.7 Å². The quantitative estimate of drug-likeness (QED) is 0.813. The van der Waals surface area contributed by atoms with E-state index in [1.165, 1.54) is 0 Å². The number of methoxy groups -OCH3 is 2. The first-order valence-electron chi connectivity index (χ1n) is 9.99. The molecule has 1 saturated heterocycles. The van der Waals surface area contributed by atoms with Crippen LogP contribution in [0.1, 0.15) is 44.3 Å². The van der Waals surface area contributed by atoms with Crippen LogP contribution in [0.25, 0.3) is 0 Å². The molecule has 2 aromatic carbocycles. The van der Waals surface area contributed by atoms with Crippen LogP contribution in [-0.4, -0.2) is 61.8 Å². The van der Waals surface area contributed by atoms with Crippen LogP contribution in [0.5, 0.6) is 11.5 Å². The van der Waals surface area contributed by atoms with Gasteiger partial charge in [-0.15, -0.1) is 0 Å². The van der Waals surface area contributed by atoms with Gasteiger partial charge in [-0.3, -0.25) is 9.59 Å². The van der Waals surface area contributed by atoms with Gasteiger partial charge in [0.05, 0.1) is 33.5 Å². The van der Waals surface area contributed by atoms with Crippen molar-refractivity contribution in [3.8, 4) is 11.5 Å². The standard InChI is InChI=1S/C23H25NO6/c1-28-19-9-6-14(12-20(19)29-2)22-21(13-25)30-11-10-24(22)23(27)17-5-3-4-16-15(17)7-8-18(16)26/h3-6,9,12,21-22,25H,7-8,10-11,13H2,1-2H3/t21-,22-/m1/s1. The van der Waals surface area contributed by atoms with Crippen LogP contribution in [0.3, 0.4) is 0 Å². The van der Waals surface area contributed by atoms with Crippen molar-refractivity contribution < 1.29 is 28.9 Å². The summed E-state index contributed by atoms with van der Waals surface area (Å²) >= 11 is 0. The molecule has 158 valence electrons. The highest BCUT2D eigenvalue weighted by molar-refractivity contribution is 6.05. The van der Waals surface area contributed by atoms with Crippen molar-refractivity contribution in [2.45, 2.75) is 25.0 Å². The Kier molecular flexibility index (Phi) is 5.74. The average Bonchev–Trinajstić information content (AvgIpc) is 3.18. The third kappa shape index (κ3) is 3.44. The second kappa shape index (κ2) is 8.45. The van der Waals surface area contributed by atoms with Crippen molar-refractivity contribution in [1.29, 1.82) is 0 Å². The van der Waals surface area contributed by atoms with E-state index in [-0.39, 0.29) is 18.3 Å². The summed E-state index contributed by atoms with van der Waals surface area (Å²) in [5.41, 5.74) is 2.77. The predicted octanol–water partition coefficient (Wildman–Crippen LogP) is 2.41. The number of carbonyl (C=O) groups excluding carboxylic acids is 2. The number of nitrogens with zero attached hydrogens (tertiary/aromatic N) is 1. The number of hydrogen-bond donors (Lipinski definition) is 1. The predicted molar refractivity (Wildman–Crippen MR) is 109 cm³/mol. The molecule has 1 aliphatic heterocycles. The van der Waals surface area contributed by atoms with Gasteiger partial charge in [-0.05, 0) is 35.7 Å². The first-order chi connectivity index (χ1) is 14.6. The highest BCUT2D eigenvalue weighted by Gasteiger charge is 2.38. The number of aliphatic hydroxyl groups is 1. The topological polar surface area (TPSA) is 85.3 Å². The normalized spacial score (nSPS) is 20.8. The number of amides is 1. The van der Waals surface area contributed by atoms with Crippen molar-refractivity contribution in [2.24, 2.45) is 0 Å². The van der Waals surface area contributed by atoms with Gasteiger partial charge < -0.3 is 24.2 Å². The van der Waals surface area contributed by atoms with Gasteiger partial charge in [-0.2, -0.15) is 0 Å². The largest absolute Gasteiger partial charge is 0.493 e. The molecule has 2 aromatic rings. The molecule has 1 amide bonds. The van der Waals surface area contributed by atoms with Gasteiger partial charge in [0.15, 0.2) is 17.3 Å². The Morgan fingerprint density at radius 3 is 2.70 bits per heavy atom. The lowest BCUT2D eigenvalue weighted by Crippen LogP contribution is -2.49. The summed E-state index contributed by atoms with van der Waals surface area (Å²) in [6.07, 6.45) is 0.436. The maximum Gasteiger partial charge on any atom is 0.254 e. The van der Waals surface area contributed by atoms with Crippen LogP contribution in [-0.2, 0) is 11.2 Å². The van der Waals surface area contributed by atoms with E-state index in [2.05, 4.69) is 0 Å². The number of ketones is 1. The molecule has 0 saturated carbocycles. The summed E-state index contributed by atoms with van der Waals surface area (Å²) < 4.78 is 16.5. The monoisotopic (exact) mass is 411 g/mol. The number of Topliss-reactive ketones (excluding diaryl/α,β-unsaturated/α-hetero) is 1. The molecule has 0 unspecified atom stereocenters. The summed E-state index contributed by atoms with van der Waals surface area (Å²) in [4.78, 5) is 27.5. The van der Waals surface area contributed by atoms with Crippen molar-refractivity contribution >= 4 is 11.7 Å². The smallest absolute Gasteiger partial charge is 0.254 e. The van der Waals surface area contributed by atoms with Gasteiger partial charge in [0, 0.05) is 24.1 Å². The van der Waals surface area contributed by atoms with E-state index < -0.39 is 12.1 Å². The Bertz CT molecular complexity index is 972. The van der Waals surface area contributed by atoms with Gasteiger partial charge >= 0.3 is 0 Å². The molecule has 30 heavy (non-hydrogen) atoms. The Morgan fingerprint density at radius 2 is 1.97 bits per heavy atom. The molecule has 4 rings (SSSR count).